The summed E-state index contributed by atoms with van der Waals surface area (Å²) < 4.78 is 1.03. The fraction of sp³-hybridized carbons (Fsp3) is 0.667. The second kappa shape index (κ2) is 9.62. The first-order valence-corrected chi connectivity index (χ1v) is 6.57. The van der Waals surface area contributed by atoms with Crippen molar-refractivity contribution >= 4 is 39.3 Å². The van der Waals surface area contributed by atoms with Crippen molar-refractivity contribution in [1.29, 1.82) is 0 Å². The number of thioether (sulfide) groups is 2. The maximum absolute atomic E-state index is 5.11. The van der Waals surface area contributed by atoms with Crippen LogP contribution >= 0.6 is 35.7 Å². The maximum atomic E-state index is 5.11. The van der Waals surface area contributed by atoms with Gasteiger partial charge in [0.2, 0.25) is 0 Å². The zero-order valence-corrected chi connectivity index (χ0v) is 10.2. The summed E-state index contributed by atoms with van der Waals surface area (Å²) in [7, 11) is 0. The third-order valence-corrected chi connectivity index (χ3v) is 3.58. The van der Waals surface area contributed by atoms with Gasteiger partial charge in [-0.25, -0.2) is 0 Å². The van der Waals surface area contributed by atoms with Crippen LogP contribution in [0.3, 0.4) is 0 Å². The highest BCUT2D eigenvalue weighted by molar-refractivity contribution is 8.48. The fourth-order valence-corrected chi connectivity index (χ4v) is 2.54. The van der Waals surface area contributed by atoms with E-state index < -0.39 is 0 Å². The van der Waals surface area contributed by atoms with Gasteiger partial charge in [-0.15, -0.1) is 11.8 Å². The van der Waals surface area contributed by atoms with Crippen molar-refractivity contribution in [2.45, 2.75) is 33.1 Å². The van der Waals surface area contributed by atoms with Crippen molar-refractivity contribution < 1.29 is 0 Å². The molecule has 0 aliphatic rings. The average Bonchev–Trinajstić information content (AvgIpc) is 2.05. The molecule has 0 aromatic heterocycles. The summed E-state index contributed by atoms with van der Waals surface area (Å²) >= 11 is 8.51. The van der Waals surface area contributed by atoms with Crippen LogP contribution in [0.1, 0.15) is 33.1 Å². The molecule has 0 atom stereocenters. The molecule has 12 heavy (non-hydrogen) atoms. The molecule has 70 valence electrons. The Balaban J connectivity index is 3.27. The smallest absolute Gasteiger partial charge is 0.108 e. The van der Waals surface area contributed by atoms with Gasteiger partial charge in [-0.3, -0.25) is 0 Å². The van der Waals surface area contributed by atoms with Crippen LogP contribution in [0, 0.1) is 0 Å². The van der Waals surface area contributed by atoms with Crippen molar-refractivity contribution in [3.05, 3.63) is 11.5 Å². The third kappa shape index (κ3) is 8.62. The normalized spacial score (nSPS) is 10.8. The van der Waals surface area contributed by atoms with Crippen LogP contribution in [0.5, 0.6) is 0 Å². The van der Waals surface area contributed by atoms with Crippen molar-refractivity contribution in [1.82, 2.24) is 0 Å². The number of hydrogen-bond donors (Lipinski definition) is 0. The molecule has 0 aromatic rings. The Bertz CT molecular complexity index is 141. The summed E-state index contributed by atoms with van der Waals surface area (Å²) in [6, 6.07) is 0. The van der Waals surface area contributed by atoms with Crippen molar-refractivity contribution in [3.8, 4) is 0 Å². The molecule has 0 unspecified atom stereocenters. The van der Waals surface area contributed by atoms with E-state index in [9.17, 15) is 0 Å². The molecule has 0 nitrogen and oxygen atoms in total. The molecule has 0 amide bonds. The average molecular weight is 220 g/mol. The number of rotatable bonds is 5. The van der Waals surface area contributed by atoms with Gasteiger partial charge >= 0.3 is 0 Å². The van der Waals surface area contributed by atoms with E-state index in [1.54, 1.807) is 23.5 Å². The van der Waals surface area contributed by atoms with E-state index >= 15 is 0 Å². The second-order valence-electron chi connectivity index (χ2n) is 2.31. The fourth-order valence-electron chi connectivity index (χ4n) is 0.646. The topological polar surface area (TPSA) is 0 Å². The Labute approximate surface area is 89.6 Å². The Morgan fingerprint density at radius 3 is 2.75 bits per heavy atom. The van der Waals surface area contributed by atoms with E-state index in [2.05, 4.69) is 25.3 Å². The molecule has 0 aliphatic heterocycles. The lowest BCUT2D eigenvalue weighted by Crippen LogP contribution is -1.76. The second-order valence-corrected chi connectivity index (χ2v) is 5.69. The minimum atomic E-state index is 1.03. The van der Waals surface area contributed by atoms with Crippen molar-refractivity contribution in [2.24, 2.45) is 0 Å². The van der Waals surface area contributed by atoms with E-state index in [1.165, 1.54) is 19.3 Å². The first-order chi connectivity index (χ1) is 5.81. The van der Waals surface area contributed by atoms with Gasteiger partial charge in [0, 0.05) is 0 Å². The van der Waals surface area contributed by atoms with Gasteiger partial charge in [-0.2, -0.15) is 0 Å². The molecule has 0 spiro atoms. The largest absolute Gasteiger partial charge is 0.108 e. The quantitative estimate of drug-likeness (QED) is 0.496. The molecule has 0 saturated heterocycles. The van der Waals surface area contributed by atoms with Gasteiger partial charge < -0.3 is 0 Å². The molecule has 0 N–H and O–H groups in total. The molecule has 0 aliphatic carbocycles. The molecule has 0 radical (unpaired) electrons. The summed E-state index contributed by atoms with van der Waals surface area (Å²) in [6.45, 7) is 4.33. The predicted molar refractivity (Wildman–Crippen MR) is 67.0 cm³/mol. The molecular weight excluding hydrogens is 204 g/mol. The SMILES string of the molecule is CCCC/C=C\SC(=S)SCC. The minimum absolute atomic E-state index is 1.03. The van der Waals surface area contributed by atoms with Crippen LogP contribution in [0.4, 0.5) is 0 Å². The third-order valence-electron chi connectivity index (χ3n) is 1.25. The van der Waals surface area contributed by atoms with Crippen LogP contribution in [0.25, 0.3) is 0 Å². The van der Waals surface area contributed by atoms with Gasteiger partial charge in [0.25, 0.3) is 0 Å². The van der Waals surface area contributed by atoms with Crippen LogP contribution in [-0.2, 0) is 0 Å². The summed E-state index contributed by atoms with van der Waals surface area (Å²) in [5.41, 5.74) is 0. The lowest BCUT2D eigenvalue weighted by molar-refractivity contribution is 0.815. The van der Waals surface area contributed by atoms with Crippen molar-refractivity contribution in [3.63, 3.8) is 0 Å². The van der Waals surface area contributed by atoms with Gasteiger partial charge in [0.05, 0.1) is 0 Å². The van der Waals surface area contributed by atoms with E-state index in [-0.39, 0.29) is 0 Å². The Kier molecular flexibility index (Phi) is 10.0. The molecular formula is C9H16S3. The first-order valence-electron chi connectivity index (χ1n) is 4.29. The van der Waals surface area contributed by atoms with Gasteiger partial charge in [0.1, 0.15) is 3.53 Å². The molecule has 0 rings (SSSR count). The van der Waals surface area contributed by atoms with Crippen molar-refractivity contribution in [2.75, 3.05) is 5.75 Å². The molecule has 0 saturated carbocycles. The monoisotopic (exact) mass is 220 g/mol. The Morgan fingerprint density at radius 2 is 2.17 bits per heavy atom. The molecule has 0 bridgehead atoms. The maximum Gasteiger partial charge on any atom is 0.108 e. The lowest BCUT2D eigenvalue weighted by atomic mass is 10.2. The predicted octanol–water partition coefficient (Wildman–Crippen LogP) is 4.46. The molecule has 0 fully saturated rings. The standard InChI is InChI=1S/C9H16S3/c1-3-5-6-7-8-12-9(10)11-4-2/h7-8H,3-6H2,1-2H3/b8-7-. The van der Waals surface area contributed by atoms with E-state index in [0.29, 0.717) is 0 Å². The summed E-state index contributed by atoms with van der Waals surface area (Å²) in [5, 5.41) is 2.11. The highest BCUT2D eigenvalue weighted by Crippen LogP contribution is 2.18. The van der Waals surface area contributed by atoms with Crippen LogP contribution in [-0.4, -0.2) is 9.28 Å². The zero-order chi connectivity index (χ0) is 9.23. The highest BCUT2D eigenvalue weighted by Gasteiger charge is 1.91. The number of allylic oxidation sites excluding steroid dienone is 1. The summed E-state index contributed by atoms with van der Waals surface area (Å²) in [4.78, 5) is 0. The van der Waals surface area contributed by atoms with Gasteiger partial charge in [-0.05, 0) is 17.6 Å². The summed E-state index contributed by atoms with van der Waals surface area (Å²) in [5.74, 6) is 1.08. The zero-order valence-electron chi connectivity index (χ0n) is 7.71. The highest BCUT2D eigenvalue weighted by atomic mass is 32.2. The van der Waals surface area contributed by atoms with Crippen LogP contribution < -0.4 is 0 Å². The number of hydrogen-bond acceptors (Lipinski definition) is 3. The Morgan fingerprint density at radius 1 is 1.42 bits per heavy atom. The molecule has 0 aromatic carbocycles. The number of thiocarbonyl (C=S) groups is 1. The van der Waals surface area contributed by atoms with E-state index in [4.69, 9.17) is 12.2 Å². The Hall–Kier alpha value is 0.530. The molecule has 0 heterocycles. The lowest BCUT2D eigenvalue weighted by Gasteiger charge is -1.94. The van der Waals surface area contributed by atoms with Crippen LogP contribution in [0.2, 0.25) is 0 Å². The minimum Gasteiger partial charge on any atom is -0.108 e. The molecule has 3 heteroatoms. The van der Waals surface area contributed by atoms with Gasteiger partial charge in [0.15, 0.2) is 0 Å². The summed E-state index contributed by atoms with van der Waals surface area (Å²) in [6.07, 6.45) is 5.94. The van der Waals surface area contributed by atoms with E-state index in [0.717, 1.165) is 9.28 Å². The van der Waals surface area contributed by atoms with Crippen LogP contribution in [0.15, 0.2) is 11.5 Å². The number of unbranched alkanes of at least 4 members (excludes halogenated alkanes) is 2. The van der Waals surface area contributed by atoms with E-state index in [1.807, 2.05) is 0 Å². The first kappa shape index (κ1) is 12.5. The van der Waals surface area contributed by atoms with Gasteiger partial charge in [-0.1, -0.05) is 56.7 Å².